The van der Waals surface area contributed by atoms with Gasteiger partial charge in [0.2, 0.25) is 5.91 Å². The first-order valence-corrected chi connectivity index (χ1v) is 11.7. The van der Waals surface area contributed by atoms with Crippen molar-refractivity contribution in [3.8, 4) is 22.6 Å². The van der Waals surface area contributed by atoms with Crippen LogP contribution in [0.1, 0.15) is 29.4 Å². The van der Waals surface area contributed by atoms with Gasteiger partial charge in [-0.15, -0.1) is 5.10 Å². The van der Waals surface area contributed by atoms with Crippen LogP contribution in [0.15, 0.2) is 61.6 Å². The molecule has 2 N–H and O–H groups in total. The Morgan fingerprint density at radius 2 is 2.08 bits per heavy atom. The molecule has 182 valence electrons. The Hall–Kier alpha value is -4.38. The molecule has 1 unspecified atom stereocenters. The van der Waals surface area contributed by atoms with Crippen LogP contribution in [0.4, 0.5) is 5.82 Å². The van der Waals surface area contributed by atoms with E-state index in [1.54, 1.807) is 46.1 Å². The lowest BCUT2D eigenvalue weighted by molar-refractivity contribution is -0.127. The van der Waals surface area contributed by atoms with E-state index in [9.17, 15) is 9.59 Å². The summed E-state index contributed by atoms with van der Waals surface area (Å²) in [6.07, 6.45) is 8.08. The minimum absolute atomic E-state index is 0.0512. The minimum Gasteiger partial charge on any atom is -0.337 e. The fraction of sp³-hybridized carbons (Fsp3) is 0.208. The Kier molecular flexibility index (Phi) is 6.54. The first kappa shape index (κ1) is 23.4. The highest BCUT2D eigenvalue weighted by Gasteiger charge is 2.24. The number of hydrogen-bond acceptors (Lipinski definition) is 7. The van der Waals surface area contributed by atoms with E-state index in [1.165, 1.54) is 12.3 Å². The second-order valence-electron chi connectivity index (χ2n) is 8.26. The fourth-order valence-corrected chi connectivity index (χ4v) is 4.23. The van der Waals surface area contributed by atoms with Crippen molar-refractivity contribution in [2.45, 2.75) is 18.9 Å². The van der Waals surface area contributed by atoms with E-state index < -0.39 is 5.91 Å². The Morgan fingerprint density at radius 1 is 1.19 bits per heavy atom. The van der Waals surface area contributed by atoms with Crippen molar-refractivity contribution in [2.24, 2.45) is 0 Å². The lowest BCUT2D eigenvalue weighted by atomic mass is 10.1. The van der Waals surface area contributed by atoms with Crippen LogP contribution < -0.4 is 5.32 Å². The third-order valence-corrected chi connectivity index (χ3v) is 6.19. The second kappa shape index (κ2) is 10.1. The van der Waals surface area contributed by atoms with E-state index in [2.05, 4.69) is 42.4 Å². The summed E-state index contributed by atoms with van der Waals surface area (Å²) >= 11 is 6.10. The highest BCUT2D eigenvalue weighted by Crippen LogP contribution is 2.25. The molecule has 4 aromatic rings. The number of H-pyrrole nitrogens is 1. The van der Waals surface area contributed by atoms with Crippen LogP contribution in [0, 0.1) is 0 Å². The number of pyridine rings is 2. The number of halogens is 1. The van der Waals surface area contributed by atoms with E-state index in [0.717, 1.165) is 24.9 Å². The molecular formula is C24H22ClN9O2. The number of carbonyl (C=O) groups is 2. The zero-order valence-electron chi connectivity index (χ0n) is 19.1. The van der Waals surface area contributed by atoms with Gasteiger partial charge in [-0.25, -0.2) is 14.6 Å². The average molecular weight is 504 g/mol. The summed E-state index contributed by atoms with van der Waals surface area (Å²) in [5.74, 6) is -0.114. The number of rotatable bonds is 6. The van der Waals surface area contributed by atoms with E-state index in [-0.39, 0.29) is 17.6 Å². The fourth-order valence-electron chi connectivity index (χ4n) is 4.04. The summed E-state index contributed by atoms with van der Waals surface area (Å²) < 4.78 is 1.79. The molecule has 1 fully saturated rings. The standard InChI is InChI=1S/C24H22ClN9O2/c1-2-22(35)33-10-4-5-16(13-33)34-14-20(30-32-34)15-8-9-21(26-11-15)29-24(36)19-7-3-6-18(28-19)23-17(25)12-27-31-23/h2-3,6-9,11-12,14,16H,1,4-5,10,13H2,(H,27,31)(H,26,29,36). The number of amides is 2. The Balaban J connectivity index is 1.25. The maximum absolute atomic E-state index is 12.7. The summed E-state index contributed by atoms with van der Waals surface area (Å²) in [5, 5.41) is 18.3. The molecule has 0 saturated carbocycles. The number of nitrogens with one attached hydrogen (secondary N) is 2. The van der Waals surface area contributed by atoms with Crippen molar-refractivity contribution in [3.63, 3.8) is 0 Å². The van der Waals surface area contributed by atoms with E-state index >= 15 is 0 Å². The van der Waals surface area contributed by atoms with E-state index in [1.807, 2.05) is 6.20 Å². The number of hydrogen-bond donors (Lipinski definition) is 2. The van der Waals surface area contributed by atoms with Crippen molar-refractivity contribution >= 4 is 29.2 Å². The van der Waals surface area contributed by atoms with Gasteiger partial charge in [-0.1, -0.05) is 29.5 Å². The van der Waals surface area contributed by atoms with Gasteiger partial charge in [0.05, 0.1) is 29.2 Å². The van der Waals surface area contributed by atoms with Gasteiger partial charge in [-0.2, -0.15) is 5.10 Å². The molecule has 1 aliphatic rings. The van der Waals surface area contributed by atoms with Crippen LogP contribution >= 0.6 is 11.6 Å². The third kappa shape index (κ3) is 4.86. The van der Waals surface area contributed by atoms with Crippen molar-refractivity contribution in [1.29, 1.82) is 0 Å². The molecule has 2 amide bonds. The molecule has 0 radical (unpaired) electrons. The quantitative estimate of drug-likeness (QED) is 0.385. The average Bonchev–Trinajstić information content (AvgIpc) is 3.58. The Bertz CT molecular complexity index is 1410. The van der Waals surface area contributed by atoms with Crippen LogP contribution in [0.5, 0.6) is 0 Å². The van der Waals surface area contributed by atoms with Gasteiger partial charge in [0, 0.05) is 24.8 Å². The molecule has 1 atom stereocenters. The molecule has 12 heteroatoms. The lowest BCUT2D eigenvalue weighted by Gasteiger charge is -2.31. The van der Waals surface area contributed by atoms with Crippen LogP contribution in [0.3, 0.4) is 0 Å². The van der Waals surface area contributed by atoms with E-state index in [0.29, 0.717) is 34.5 Å². The van der Waals surface area contributed by atoms with Crippen LogP contribution in [-0.4, -0.2) is 65.0 Å². The molecule has 36 heavy (non-hydrogen) atoms. The summed E-state index contributed by atoms with van der Waals surface area (Å²) in [5.41, 5.74) is 2.66. The van der Waals surface area contributed by atoms with E-state index in [4.69, 9.17) is 11.6 Å². The van der Waals surface area contributed by atoms with Crippen LogP contribution in [0.25, 0.3) is 22.6 Å². The molecule has 4 aromatic heterocycles. The SMILES string of the molecule is C=CC(=O)N1CCCC(n2cc(-c3ccc(NC(=O)c4cccc(-c5[nH]ncc5Cl)n4)nc3)nn2)C1. The number of likely N-dealkylation sites (tertiary alicyclic amines) is 1. The van der Waals surface area contributed by atoms with Crippen molar-refractivity contribution in [3.05, 3.63) is 72.3 Å². The summed E-state index contributed by atoms with van der Waals surface area (Å²) in [7, 11) is 0. The summed E-state index contributed by atoms with van der Waals surface area (Å²) in [4.78, 5) is 35.2. The summed E-state index contributed by atoms with van der Waals surface area (Å²) in [6, 6.07) is 8.60. The molecule has 0 aliphatic carbocycles. The van der Waals surface area contributed by atoms with Gasteiger partial charge in [-0.3, -0.25) is 14.7 Å². The maximum atomic E-state index is 12.7. The molecule has 5 rings (SSSR count). The van der Waals surface area contributed by atoms with Gasteiger partial charge in [-0.05, 0) is 43.2 Å². The normalized spacial score (nSPS) is 15.5. The first-order chi connectivity index (χ1) is 17.5. The topological polar surface area (TPSA) is 135 Å². The smallest absolute Gasteiger partial charge is 0.275 e. The minimum atomic E-state index is -0.408. The first-order valence-electron chi connectivity index (χ1n) is 11.3. The lowest BCUT2D eigenvalue weighted by Crippen LogP contribution is -2.40. The number of anilines is 1. The van der Waals surface area contributed by atoms with Gasteiger partial charge in [0.25, 0.3) is 5.91 Å². The molecule has 5 heterocycles. The van der Waals surface area contributed by atoms with Crippen molar-refractivity contribution in [1.82, 2.24) is 40.1 Å². The highest BCUT2D eigenvalue weighted by atomic mass is 35.5. The predicted octanol–water partition coefficient (Wildman–Crippen LogP) is 3.38. The molecule has 0 spiro atoms. The number of piperidine rings is 1. The van der Waals surface area contributed by atoms with Gasteiger partial charge in [0.1, 0.15) is 22.9 Å². The third-order valence-electron chi connectivity index (χ3n) is 5.90. The maximum Gasteiger partial charge on any atom is 0.275 e. The number of aromatic amines is 1. The molecular weight excluding hydrogens is 482 g/mol. The van der Waals surface area contributed by atoms with Crippen LogP contribution in [-0.2, 0) is 4.79 Å². The predicted molar refractivity (Wildman–Crippen MR) is 133 cm³/mol. The molecule has 1 aliphatic heterocycles. The van der Waals surface area contributed by atoms with Gasteiger partial charge >= 0.3 is 0 Å². The number of nitrogens with zero attached hydrogens (tertiary/aromatic N) is 7. The largest absolute Gasteiger partial charge is 0.337 e. The van der Waals surface area contributed by atoms with Crippen LogP contribution in [0.2, 0.25) is 5.02 Å². The monoisotopic (exact) mass is 503 g/mol. The van der Waals surface area contributed by atoms with Crippen molar-refractivity contribution in [2.75, 3.05) is 18.4 Å². The Morgan fingerprint density at radius 3 is 2.83 bits per heavy atom. The highest BCUT2D eigenvalue weighted by molar-refractivity contribution is 6.32. The molecule has 11 nitrogen and oxygen atoms in total. The number of aromatic nitrogens is 7. The summed E-state index contributed by atoms with van der Waals surface area (Å²) in [6.45, 7) is 4.85. The second-order valence-corrected chi connectivity index (χ2v) is 8.66. The van der Waals surface area contributed by atoms with Crippen molar-refractivity contribution < 1.29 is 9.59 Å². The zero-order valence-corrected chi connectivity index (χ0v) is 19.9. The zero-order chi connectivity index (χ0) is 25.1. The number of carbonyl (C=O) groups excluding carboxylic acids is 2. The molecule has 1 saturated heterocycles. The van der Waals surface area contributed by atoms with Gasteiger partial charge < -0.3 is 10.2 Å². The molecule has 0 bridgehead atoms. The van der Waals surface area contributed by atoms with Gasteiger partial charge in [0.15, 0.2) is 0 Å². The Labute approximate surface area is 211 Å². The molecule has 0 aromatic carbocycles.